The number of thioether (sulfide) groups is 1. The lowest BCUT2D eigenvalue weighted by Gasteiger charge is -2.30. The van der Waals surface area contributed by atoms with Gasteiger partial charge in [0.05, 0.1) is 19.5 Å². The molecule has 0 aromatic carbocycles. The third kappa shape index (κ3) is 19.4. The predicted molar refractivity (Wildman–Crippen MR) is 228 cm³/mol. The number of allylic oxidation sites excluding steroid dienone is 2. The molecule has 3 rings (SSSR count). The minimum Gasteiger partial charge on any atom is -0.386 e. The molecule has 1 aliphatic rings. The van der Waals surface area contributed by atoms with E-state index in [0.29, 0.717) is 12.2 Å². The van der Waals surface area contributed by atoms with E-state index in [1.165, 1.54) is 58.8 Å². The summed E-state index contributed by atoms with van der Waals surface area (Å²) in [7, 11) is -16.4. The molecular formula is C35H60N7O17P3S. The SMILES string of the molecule is CCCCCCCCCC/C=C/CC(=O)SCCNC(=O)CCNC(=O)[C@H](O)C(C)(C)COP(=O)(O)OP(=O)(O)OC[C@H]1O[C@@H](n2cnc3c(N)ncnc32)[C@H](O)[C@@H]1OP(=O)(O)O. The van der Waals surface area contributed by atoms with E-state index in [4.69, 9.17) is 19.5 Å². The summed E-state index contributed by atoms with van der Waals surface area (Å²) in [6, 6.07) is 0. The van der Waals surface area contributed by atoms with E-state index < -0.39 is 84.6 Å². The molecule has 2 aromatic heterocycles. The molecule has 0 saturated carbocycles. The van der Waals surface area contributed by atoms with E-state index in [2.05, 4.69) is 41.3 Å². The number of hydrogen-bond acceptors (Lipinski definition) is 18. The zero-order chi connectivity index (χ0) is 46.8. The Bertz CT molecular complexity index is 1970. The van der Waals surface area contributed by atoms with E-state index in [-0.39, 0.29) is 41.6 Å². The molecular weight excluding hydrogens is 915 g/mol. The molecule has 1 aliphatic heterocycles. The fraction of sp³-hybridized carbons (Fsp3) is 0.714. The van der Waals surface area contributed by atoms with Gasteiger partial charge in [-0.05, 0) is 12.8 Å². The van der Waals surface area contributed by atoms with E-state index in [1.807, 2.05) is 12.2 Å². The van der Waals surface area contributed by atoms with Crippen LogP contribution in [0.25, 0.3) is 11.2 Å². The van der Waals surface area contributed by atoms with Crippen molar-refractivity contribution in [3.8, 4) is 0 Å². The maximum absolute atomic E-state index is 12.7. The lowest BCUT2D eigenvalue weighted by Crippen LogP contribution is -2.46. The highest BCUT2D eigenvalue weighted by atomic mass is 32.2. The second kappa shape index (κ2) is 25.9. The van der Waals surface area contributed by atoms with Crippen molar-refractivity contribution >= 4 is 69.1 Å². The third-order valence-electron chi connectivity index (χ3n) is 9.44. The fourth-order valence-electron chi connectivity index (χ4n) is 6.05. The summed E-state index contributed by atoms with van der Waals surface area (Å²) in [6.45, 7) is 2.73. The van der Waals surface area contributed by atoms with Gasteiger partial charge in [0.2, 0.25) is 11.8 Å². The van der Waals surface area contributed by atoms with Gasteiger partial charge in [0.15, 0.2) is 22.8 Å². The maximum Gasteiger partial charge on any atom is 0.481 e. The summed E-state index contributed by atoms with van der Waals surface area (Å²) in [6.07, 6.45) is 8.15. The molecule has 63 heavy (non-hydrogen) atoms. The average molecular weight is 976 g/mol. The number of aromatic nitrogens is 4. The largest absolute Gasteiger partial charge is 0.481 e. The number of hydrogen-bond donors (Lipinski definition) is 9. The Morgan fingerprint density at radius 1 is 0.968 bits per heavy atom. The van der Waals surface area contributed by atoms with Crippen LogP contribution < -0.4 is 16.4 Å². The molecule has 24 nitrogen and oxygen atoms in total. The number of rotatable bonds is 30. The van der Waals surface area contributed by atoms with Gasteiger partial charge in [-0.1, -0.05) is 89.6 Å². The molecule has 10 N–H and O–H groups in total. The minimum absolute atomic E-state index is 0.0200. The molecule has 2 unspecified atom stereocenters. The van der Waals surface area contributed by atoms with Crippen molar-refractivity contribution in [2.45, 2.75) is 122 Å². The van der Waals surface area contributed by atoms with Crippen LogP contribution in [-0.2, 0) is 50.7 Å². The molecule has 358 valence electrons. The molecule has 0 spiro atoms. The maximum atomic E-state index is 12.7. The van der Waals surface area contributed by atoms with Crippen LogP contribution in [0.3, 0.4) is 0 Å². The lowest BCUT2D eigenvalue weighted by atomic mass is 9.87. The molecule has 0 radical (unpaired) electrons. The third-order valence-corrected chi connectivity index (χ3v) is 13.4. The Balaban J connectivity index is 1.37. The number of carbonyl (C=O) groups excluding carboxylic acids is 3. The van der Waals surface area contributed by atoms with Gasteiger partial charge in [-0.2, -0.15) is 4.31 Å². The monoisotopic (exact) mass is 975 g/mol. The number of aliphatic hydroxyl groups excluding tert-OH is 2. The number of imidazole rings is 1. The van der Waals surface area contributed by atoms with Crippen LogP contribution in [0.5, 0.6) is 0 Å². The van der Waals surface area contributed by atoms with Gasteiger partial charge < -0.3 is 50.9 Å². The van der Waals surface area contributed by atoms with Crippen LogP contribution in [0.4, 0.5) is 5.82 Å². The number of phosphoric acid groups is 3. The number of aliphatic hydroxyl groups is 2. The highest BCUT2D eigenvalue weighted by Gasteiger charge is 2.50. The molecule has 1 fully saturated rings. The van der Waals surface area contributed by atoms with Crippen LogP contribution in [0, 0.1) is 5.41 Å². The second-order valence-electron chi connectivity index (χ2n) is 15.2. The first kappa shape index (κ1) is 54.6. The first-order valence-corrected chi connectivity index (χ1v) is 25.8. The van der Waals surface area contributed by atoms with Gasteiger partial charge in [0.1, 0.15) is 36.3 Å². The van der Waals surface area contributed by atoms with Crippen molar-refractivity contribution in [3.63, 3.8) is 0 Å². The number of unbranched alkanes of at least 4 members (excludes halogenated alkanes) is 8. The number of anilines is 1. The van der Waals surface area contributed by atoms with Crippen LogP contribution in [0.2, 0.25) is 0 Å². The summed E-state index contributed by atoms with van der Waals surface area (Å²) in [5, 5.41) is 26.5. The van der Waals surface area contributed by atoms with Crippen molar-refractivity contribution in [1.29, 1.82) is 0 Å². The van der Waals surface area contributed by atoms with Gasteiger partial charge in [-0.25, -0.2) is 28.6 Å². The van der Waals surface area contributed by atoms with E-state index >= 15 is 0 Å². The molecule has 7 atom stereocenters. The summed E-state index contributed by atoms with van der Waals surface area (Å²) in [5.74, 6) is -1.08. The van der Waals surface area contributed by atoms with Gasteiger partial charge in [0, 0.05) is 37.1 Å². The summed E-state index contributed by atoms with van der Waals surface area (Å²) in [5.41, 5.74) is 4.28. The number of ether oxygens (including phenoxy) is 1. The first-order chi connectivity index (χ1) is 29.6. The Morgan fingerprint density at radius 2 is 1.63 bits per heavy atom. The van der Waals surface area contributed by atoms with Crippen LogP contribution >= 0.6 is 35.2 Å². The number of fused-ring (bicyclic) bond motifs is 1. The number of amides is 2. The molecule has 0 bridgehead atoms. The molecule has 1 saturated heterocycles. The van der Waals surface area contributed by atoms with Gasteiger partial charge in [-0.3, -0.25) is 32.5 Å². The van der Waals surface area contributed by atoms with Gasteiger partial charge in [-0.15, -0.1) is 0 Å². The standard InChI is InChI=1S/C35H60N7O17P3S/c1-4-5-6-7-8-9-10-11-12-13-14-15-26(44)63-19-18-37-25(43)16-17-38-33(47)30(46)35(2,3)21-56-62(53,54)59-61(51,52)55-20-24-29(58-60(48,49)50)28(45)34(57-24)42-23-41-27-31(36)39-22-40-32(27)42/h13-14,22-24,28-30,34,45-46H,4-12,15-21H2,1-3H3,(H,37,43)(H,38,47)(H,51,52)(H,53,54)(H2,36,39,40)(H2,48,49,50)/b14-13+/t24-,28-,29-,30+,34-/m1/s1. The highest BCUT2D eigenvalue weighted by molar-refractivity contribution is 8.13. The van der Waals surface area contributed by atoms with Crippen molar-refractivity contribution in [2.75, 3.05) is 37.8 Å². The van der Waals surface area contributed by atoms with Crippen LogP contribution in [0.15, 0.2) is 24.8 Å². The number of nitrogens with zero attached hydrogens (tertiary/aromatic N) is 4. The molecule has 2 amide bonds. The Labute approximate surface area is 368 Å². The first-order valence-electron chi connectivity index (χ1n) is 20.3. The quantitative estimate of drug-likeness (QED) is 0.0308. The number of nitrogens with one attached hydrogen (secondary N) is 2. The molecule has 28 heteroatoms. The smallest absolute Gasteiger partial charge is 0.386 e. The zero-order valence-electron chi connectivity index (χ0n) is 35.3. The van der Waals surface area contributed by atoms with Crippen molar-refractivity contribution < 1.29 is 80.5 Å². The number of carbonyl (C=O) groups is 3. The minimum atomic E-state index is -5.57. The zero-order valence-corrected chi connectivity index (χ0v) is 38.8. The topological polar surface area (TPSA) is 364 Å². The highest BCUT2D eigenvalue weighted by Crippen LogP contribution is 2.61. The lowest BCUT2D eigenvalue weighted by molar-refractivity contribution is -0.137. The Morgan fingerprint density at radius 3 is 2.32 bits per heavy atom. The second-order valence-corrected chi connectivity index (χ2v) is 20.6. The van der Waals surface area contributed by atoms with Crippen molar-refractivity contribution in [1.82, 2.24) is 30.2 Å². The van der Waals surface area contributed by atoms with Gasteiger partial charge in [0.25, 0.3) is 0 Å². The number of phosphoric ester groups is 3. The summed E-state index contributed by atoms with van der Waals surface area (Å²) >= 11 is 1.10. The van der Waals surface area contributed by atoms with Gasteiger partial charge >= 0.3 is 23.5 Å². The van der Waals surface area contributed by atoms with Crippen LogP contribution in [0.1, 0.15) is 97.6 Å². The van der Waals surface area contributed by atoms with E-state index in [1.54, 1.807) is 0 Å². The van der Waals surface area contributed by atoms with Crippen molar-refractivity contribution in [3.05, 3.63) is 24.8 Å². The predicted octanol–water partition coefficient (Wildman–Crippen LogP) is 3.14. The summed E-state index contributed by atoms with van der Waals surface area (Å²) < 4.78 is 62.3. The number of nitrogen functional groups attached to an aromatic ring is 1. The van der Waals surface area contributed by atoms with Crippen molar-refractivity contribution in [2.24, 2.45) is 5.41 Å². The normalized spacial score (nSPS) is 20.7. The van der Waals surface area contributed by atoms with Crippen LogP contribution in [-0.4, -0.2) is 123 Å². The molecule has 2 aromatic rings. The Hall–Kier alpha value is -2.70. The van der Waals surface area contributed by atoms with E-state index in [9.17, 15) is 57.9 Å². The van der Waals surface area contributed by atoms with E-state index in [0.717, 1.165) is 41.8 Å². The summed E-state index contributed by atoms with van der Waals surface area (Å²) in [4.78, 5) is 88.1. The fourth-order valence-corrected chi connectivity index (χ4v) is 9.52. The Kier molecular flexibility index (Phi) is 22.4. The molecule has 0 aliphatic carbocycles. The average Bonchev–Trinajstić information content (AvgIpc) is 3.76. The molecule has 3 heterocycles. The number of nitrogens with two attached hydrogens (primary N) is 1.